The quantitative estimate of drug-likeness (QED) is 0.198. The lowest BCUT2D eigenvalue weighted by atomic mass is 9.55. The number of nitrogens with two attached hydrogens (primary N) is 1. The van der Waals surface area contributed by atoms with Gasteiger partial charge in [0.25, 0.3) is 5.91 Å². The lowest BCUT2D eigenvalue weighted by Gasteiger charge is -2.53. The topological polar surface area (TPSA) is 211 Å². The number of Topliss-reactive ketones (excluding diaryl/α,β-unsaturated/α-hetero) is 2. The van der Waals surface area contributed by atoms with Gasteiger partial charge in [-0.05, 0) is 64.1 Å². The second-order valence-electron chi connectivity index (χ2n) is 12.1. The monoisotopic (exact) mass is 569 g/mol. The highest BCUT2D eigenvalue weighted by Gasteiger charge is 2.67. The van der Waals surface area contributed by atoms with Crippen LogP contribution >= 0.6 is 0 Å². The van der Waals surface area contributed by atoms with Gasteiger partial charge in [-0.1, -0.05) is 13.0 Å². The van der Waals surface area contributed by atoms with Crippen molar-refractivity contribution in [2.45, 2.75) is 56.9 Å². The van der Waals surface area contributed by atoms with Crippen molar-refractivity contribution < 1.29 is 44.7 Å². The summed E-state index contributed by atoms with van der Waals surface area (Å²) in [6, 6.07) is 1.38. The van der Waals surface area contributed by atoms with Crippen LogP contribution in [0.25, 0.3) is 6.08 Å². The average molecular weight is 570 g/mol. The summed E-state index contributed by atoms with van der Waals surface area (Å²) >= 11 is 0. The zero-order chi connectivity index (χ0) is 30.9. The first kappa shape index (κ1) is 30.0. The average Bonchev–Trinajstić information content (AvgIpc) is 2.84. The Morgan fingerprint density at radius 2 is 1.73 bits per heavy atom. The van der Waals surface area contributed by atoms with Gasteiger partial charge in [-0.25, -0.2) is 0 Å². The molecule has 4 rings (SSSR count). The molecule has 3 aliphatic carbocycles. The predicted octanol–water partition coefficient (Wildman–Crippen LogP) is 0.580. The van der Waals surface area contributed by atoms with Gasteiger partial charge in [-0.15, -0.1) is 0 Å². The molecule has 0 heterocycles. The first-order valence-corrected chi connectivity index (χ1v) is 13.0. The third kappa shape index (κ3) is 4.42. The smallest absolute Gasteiger partial charge is 0.255 e. The van der Waals surface area contributed by atoms with Gasteiger partial charge >= 0.3 is 0 Å². The van der Waals surface area contributed by atoms with Crippen LogP contribution in [0.3, 0.4) is 0 Å². The van der Waals surface area contributed by atoms with E-state index >= 15 is 0 Å². The van der Waals surface area contributed by atoms with Crippen LogP contribution in [-0.2, 0) is 14.4 Å². The van der Waals surface area contributed by atoms with Gasteiger partial charge in [-0.2, -0.15) is 0 Å². The predicted molar refractivity (Wildman–Crippen MR) is 147 cm³/mol. The van der Waals surface area contributed by atoms with Crippen molar-refractivity contribution in [1.82, 2.24) is 10.2 Å². The van der Waals surface area contributed by atoms with Crippen molar-refractivity contribution in [3.8, 4) is 5.75 Å². The summed E-state index contributed by atoms with van der Waals surface area (Å²) in [6.07, 6.45) is 1.02. The van der Waals surface area contributed by atoms with Crippen LogP contribution in [0.15, 0.2) is 40.9 Å². The summed E-state index contributed by atoms with van der Waals surface area (Å²) in [5.74, 6) is -10.1. The number of aliphatic hydroxyl groups is 4. The Bertz CT molecular complexity index is 1470. The third-order valence-electron chi connectivity index (χ3n) is 8.06. The minimum absolute atomic E-state index is 0.233. The van der Waals surface area contributed by atoms with E-state index in [1.807, 2.05) is 20.8 Å². The highest BCUT2D eigenvalue weighted by atomic mass is 16.4. The van der Waals surface area contributed by atoms with E-state index in [1.54, 1.807) is 6.92 Å². The number of hydrogen-bond donors (Lipinski definition) is 7. The van der Waals surface area contributed by atoms with E-state index in [0.29, 0.717) is 5.56 Å². The molecule has 41 heavy (non-hydrogen) atoms. The van der Waals surface area contributed by atoms with Crippen molar-refractivity contribution in [2.24, 2.45) is 17.6 Å². The molecular weight excluding hydrogens is 534 g/mol. The van der Waals surface area contributed by atoms with Gasteiger partial charge in [0.15, 0.2) is 11.4 Å². The molecule has 0 spiro atoms. The number of rotatable bonds is 4. The lowest BCUT2D eigenvalue weighted by molar-refractivity contribution is -0.162. The number of aliphatic hydroxyl groups excluding tert-OH is 3. The van der Waals surface area contributed by atoms with E-state index in [9.17, 15) is 44.7 Å². The number of aromatic hydroxyl groups is 1. The molecule has 1 aromatic rings. The molecule has 1 aromatic carbocycles. The van der Waals surface area contributed by atoms with Crippen LogP contribution < -0.4 is 11.1 Å². The van der Waals surface area contributed by atoms with E-state index in [2.05, 4.69) is 5.32 Å². The molecule has 0 saturated carbocycles. The van der Waals surface area contributed by atoms with E-state index in [1.165, 1.54) is 43.3 Å². The SMILES string of the molecule is CC1c2c(/C=C/C(=O)NC(C)(C)C)ccc(O)c2C(=O)C2=C(O)C3(O)C(=O)C(C(N)=O)=C(O)C(N(C)C)C3C(O)C21. The summed E-state index contributed by atoms with van der Waals surface area (Å²) in [5, 5.41) is 59.3. The van der Waals surface area contributed by atoms with Crippen molar-refractivity contribution >= 4 is 29.5 Å². The zero-order valence-corrected chi connectivity index (χ0v) is 23.6. The Hall–Kier alpha value is -4.00. The number of carbonyl (C=O) groups excluding carboxylic acids is 4. The number of likely N-dealkylation sites (N-methyl/N-ethyl adjacent to an activating group) is 1. The number of amides is 2. The third-order valence-corrected chi connectivity index (χ3v) is 8.06. The highest BCUT2D eigenvalue weighted by Crippen LogP contribution is 2.56. The van der Waals surface area contributed by atoms with Crippen LogP contribution in [0, 0.1) is 11.8 Å². The molecular formula is C29H35N3O9. The number of hydrogen-bond acceptors (Lipinski definition) is 10. The fourth-order valence-electron chi connectivity index (χ4n) is 6.46. The largest absolute Gasteiger partial charge is 0.510 e. The zero-order valence-electron chi connectivity index (χ0n) is 23.6. The molecule has 0 aromatic heterocycles. The molecule has 6 unspecified atom stereocenters. The number of phenolic OH excluding ortho intramolecular Hbond substituents is 1. The molecule has 0 bridgehead atoms. The van der Waals surface area contributed by atoms with Gasteiger partial charge < -0.3 is 36.6 Å². The molecule has 12 heteroatoms. The molecule has 6 atom stereocenters. The summed E-state index contributed by atoms with van der Waals surface area (Å²) in [6.45, 7) is 7.06. The molecule has 0 aliphatic heterocycles. The maximum Gasteiger partial charge on any atom is 0.255 e. The number of nitrogens with one attached hydrogen (secondary N) is 1. The molecule has 3 aliphatic rings. The van der Waals surface area contributed by atoms with Crippen molar-refractivity contribution in [3.05, 3.63) is 57.6 Å². The first-order chi connectivity index (χ1) is 18.9. The van der Waals surface area contributed by atoms with Gasteiger partial charge in [0.1, 0.15) is 22.8 Å². The van der Waals surface area contributed by atoms with Crippen LogP contribution in [-0.4, -0.2) is 91.2 Å². The number of fused-ring (bicyclic) bond motifs is 3. The molecule has 0 fully saturated rings. The normalized spacial score (nSPS) is 29.9. The van der Waals surface area contributed by atoms with Crippen LogP contribution in [0.1, 0.15) is 55.1 Å². The van der Waals surface area contributed by atoms with Gasteiger partial charge in [-0.3, -0.25) is 24.1 Å². The molecule has 0 saturated heterocycles. The molecule has 8 N–H and O–H groups in total. The van der Waals surface area contributed by atoms with Gasteiger partial charge in [0.05, 0.1) is 23.6 Å². The summed E-state index contributed by atoms with van der Waals surface area (Å²) in [7, 11) is 2.93. The Labute approximate surface area is 236 Å². The highest BCUT2D eigenvalue weighted by molar-refractivity contribution is 6.25. The first-order valence-electron chi connectivity index (χ1n) is 13.0. The fourth-order valence-corrected chi connectivity index (χ4v) is 6.46. The Kier molecular flexibility index (Phi) is 7.18. The van der Waals surface area contributed by atoms with Crippen LogP contribution in [0.2, 0.25) is 0 Å². The minimum atomic E-state index is -2.98. The van der Waals surface area contributed by atoms with E-state index < -0.39 is 92.8 Å². The number of nitrogens with zero attached hydrogens (tertiary/aromatic N) is 1. The van der Waals surface area contributed by atoms with Crippen LogP contribution in [0.5, 0.6) is 5.75 Å². The van der Waals surface area contributed by atoms with Gasteiger partial charge in [0, 0.05) is 23.1 Å². The maximum absolute atomic E-state index is 13.9. The maximum atomic E-state index is 13.9. The standard InChI is InChI=1S/C29H35N3O9/c1-11-15-12(8-10-14(34)31-28(2,3)4)7-9-13(33)17(15)22(35)18-16(11)23(36)20-21(32(5)6)24(37)19(27(30)40)26(39)29(20,41)25(18)38/h7-11,16,20-21,23,33,36-38,41H,1-6H3,(H2,30,40)(H,31,34)/b10-8+. The van der Waals surface area contributed by atoms with E-state index in [0.717, 1.165) is 0 Å². The summed E-state index contributed by atoms with van der Waals surface area (Å²) in [4.78, 5) is 53.3. The van der Waals surface area contributed by atoms with Gasteiger partial charge in [0.2, 0.25) is 11.7 Å². The number of primary amides is 1. The summed E-state index contributed by atoms with van der Waals surface area (Å²) < 4.78 is 0. The Balaban J connectivity index is 1.95. The second-order valence-corrected chi connectivity index (χ2v) is 12.1. The molecule has 12 nitrogen and oxygen atoms in total. The van der Waals surface area contributed by atoms with Crippen LogP contribution in [0.4, 0.5) is 0 Å². The van der Waals surface area contributed by atoms with Crippen molar-refractivity contribution in [2.75, 3.05) is 14.1 Å². The molecule has 220 valence electrons. The number of phenols is 1. The fraction of sp³-hybridized carbons (Fsp3) is 0.448. The summed E-state index contributed by atoms with van der Waals surface area (Å²) in [5.41, 5.74) is 0.813. The molecule has 0 radical (unpaired) electrons. The van der Waals surface area contributed by atoms with E-state index in [4.69, 9.17) is 5.73 Å². The van der Waals surface area contributed by atoms with E-state index in [-0.39, 0.29) is 11.1 Å². The van der Waals surface area contributed by atoms with Crippen molar-refractivity contribution in [3.63, 3.8) is 0 Å². The second kappa shape index (κ2) is 9.82. The molecule has 2 amide bonds. The number of ketones is 2. The Morgan fingerprint density at radius 1 is 1.12 bits per heavy atom. The number of benzene rings is 1. The number of carbonyl (C=O) groups is 4. The minimum Gasteiger partial charge on any atom is -0.510 e. The lowest BCUT2D eigenvalue weighted by Crippen LogP contribution is -2.68. The Morgan fingerprint density at radius 3 is 2.27 bits per heavy atom. The van der Waals surface area contributed by atoms with Crippen molar-refractivity contribution in [1.29, 1.82) is 0 Å².